The number of nitrogens with zero attached hydrogens (tertiary/aromatic N) is 2. The van der Waals surface area contributed by atoms with Gasteiger partial charge in [-0.3, -0.25) is 4.79 Å². The summed E-state index contributed by atoms with van der Waals surface area (Å²) >= 11 is 11.6. The van der Waals surface area contributed by atoms with E-state index in [0.717, 1.165) is 0 Å². The second-order valence-corrected chi connectivity index (χ2v) is 4.33. The number of rotatable bonds is 1. The van der Waals surface area contributed by atoms with Crippen LogP contribution < -0.4 is 0 Å². The molecule has 1 rings (SSSR count). The smallest absolute Gasteiger partial charge is 0.280 e. The van der Waals surface area contributed by atoms with Crippen LogP contribution in [0.1, 0.15) is 17.3 Å². The van der Waals surface area contributed by atoms with Gasteiger partial charge in [0.2, 0.25) is 0 Å². The molecule has 16 heavy (non-hydrogen) atoms. The fraction of sp³-hybridized carbons (Fsp3) is 0.273. The molecule has 0 heterocycles. The molecule has 1 amide bonds. The summed E-state index contributed by atoms with van der Waals surface area (Å²) in [5.74, 6) is 0.254. The van der Waals surface area contributed by atoms with Gasteiger partial charge in [0.05, 0.1) is 10.6 Å². The fourth-order valence-corrected chi connectivity index (χ4v) is 1.46. The first-order valence-electron chi connectivity index (χ1n) is 4.64. The van der Waals surface area contributed by atoms with E-state index in [2.05, 4.69) is 4.99 Å². The molecule has 0 aliphatic heterocycles. The second kappa shape index (κ2) is 5.32. The highest BCUT2D eigenvalue weighted by Gasteiger charge is 2.10. The van der Waals surface area contributed by atoms with Gasteiger partial charge in [0.15, 0.2) is 0 Å². The van der Waals surface area contributed by atoms with E-state index in [-0.39, 0.29) is 5.91 Å². The van der Waals surface area contributed by atoms with E-state index >= 15 is 0 Å². The number of carbonyl (C=O) groups excluding carboxylic acids is 1. The normalized spacial score (nSPS) is 11.4. The number of halogens is 2. The Balaban J connectivity index is 3.02. The molecule has 0 spiro atoms. The van der Waals surface area contributed by atoms with Crippen LogP contribution in [-0.2, 0) is 0 Å². The van der Waals surface area contributed by atoms with Crippen LogP contribution in [0.5, 0.6) is 0 Å². The first kappa shape index (κ1) is 13.0. The molecule has 0 aliphatic carbocycles. The molecule has 5 heteroatoms. The Bertz CT molecular complexity index is 442. The van der Waals surface area contributed by atoms with Crippen molar-refractivity contribution in [3.05, 3.63) is 33.8 Å². The maximum absolute atomic E-state index is 11.7. The third kappa shape index (κ3) is 3.22. The number of benzene rings is 1. The van der Waals surface area contributed by atoms with E-state index in [1.807, 2.05) is 14.1 Å². The summed E-state index contributed by atoms with van der Waals surface area (Å²) in [7, 11) is 3.63. The first-order valence-corrected chi connectivity index (χ1v) is 5.39. The highest BCUT2D eigenvalue weighted by atomic mass is 35.5. The Morgan fingerprint density at radius 1 is 1.31 bits per heavy atom. The summed E-state index contributed by atoms with van der Waals surface area (Å²) < 4.78 is 0. The maximum atomic E-state index is 11.7. The van der Waals surface area contributed by atoms with E-state index < -0.39 is 0 Å². The van der Waals surface area contributed by atoms with Crippen LogP contribution >= 0.6 is 23.2 Å². The lowest BCUT2D eigenvalue weighted by Crippen LogP contribution is -2.19. The van der Waals surface area contributed by atoms with Crippen molar-refractivity contribution in [1.29, 1.82) is 0 Å². The first-order chi connectivity index (χ1) is 7.41. The summed E-state index contributed by atoms with van der Waals surface area (Å²) in [6.07, 6.45) is 0. The van der Waals surface area contributed by atoms with E-state index in [1.165, 1.54) is 6.07 Å². The van der Waals surface area contributed by atoms with Gasteiger partial charge in [0.1, 0.15) is 5.84 Å². The Morgan fingerprint density at radius 3 is 2.44 bits per heavy atom. The molecule has 0 atom stereocenters. The molecular weight excluding hydrogens is 247 g/mol. The number of amidine groups is 1. The molecular formula is C11H12Cl2N2O. The molecule has 0 N–H and O–H groups in total. The largest absolute Gasteiger partial charge is 0.366 e. The van der Waals surface area contributed by atoms with Gasteiger partial charge >= 0.3 is 0 Å². The van der Waals surface area contributed by atoms with E-state index in [4.69, 9.17) is 23.2 Å². The fourth-order valence-electron chi connectivity index (χ4n) is 0.970. The summed E-state index contributed by atoms with van der Waals surface area (Å²) in [6.45, 7) is 1.75. The minimum Gasteiger partial charge on any atom is -0.366 e. The van der Waals surface area contributed by atoms with Gasteiger partial charge in [0, 0.05) is 19.1 Å². The average Bonchev–Trinajstić information content (AvgIpc) is 2.16. The molecule has 3 nitrogen and oxygen atoms in total. The highest BCUT2D eigenvalue weighted by Crippen LogP contribution is 2.21. The van der Waals surface area contributed by atoms with Crippen molar-refractivity contribution < 1.29 is 4.79 Å². The molecule has 0 unspecified atom stereocenters. The van der Waals surface area contributed by atoms with Crippen molar-refractivity contribution in [3.63, 3.8) is 0 Å². The van der Waals surface area contributed by atoms with Gasteiger partial charge in [-0.05, 0) is 25.1 Å². The SMILES string of the molecule is CC(=NC(=O)c1ccc(Cl)cc1Cl)N(C)C. The molecule has 0 radical (unpaired) electrons. The van der Waals surface area contributed by atoms with Crippen LogP contribution in [0.3, 0.4) is 0 Å². The zero-order valence-electron chi connectivity index (χ0n) is 9.29. The topological polar surface area (TPSA) is 32.7 Å². The zero-order chi connectivity index (χ0) is 12.3. The van der Waals surface area contributed by atoms with Crippen LogP contribution in [0.15, 0.2) is 23.2 Å². The number of hydrogen-bond donors (Lipinski definition) is 0. The van der Waals surface area contributed by atoms with Gasteiger partial charge in [-0.15, -0.1) is 0 Å². The third-order valence-corrected chi connectivity index (χ3v) is 2.62. The maximum Gasteiger partial charge on any atom is 0.280 e. The molecule has 0 saturated carbocycles. The van der Waals surface area contributed by atoms with Gasteiger partial charge in [-0.25, -0.2) is 0 Å². The van der Waals surface area contributed by atoms with E-state index in [9.17, 15) is 4.79 Å². The standard InChI is InChI=1S/C11H12Cl2N2O/c1-7(15(2)3)14-11(16)9-5-4-8(12)6-10(9)13/h4-6H,1-3H3. The lowest BCUT2D eigenvalue weighted by molar-refractivity contribution is 0.100. The Hall–Kier alpha value is -1.06. The van der Waals surface area contributed by atoms with Crippen LogP contribution in [0, 0.1) is 0 Å². The van der Waals surface area contributed by atoms with Gasteiger partial charge < -0.3 is 4.90 Å². The minimum atomic E-state index is -0.368. The summed E-state index contributed by atoms with van der Waals surface area (Å²) in [5.41, 5.74) is 0.354. The molecule has 0 bridgehead atoms. The summed E-state index contributed by atoms with van der Waals surface area (Å²) in [5, 5.41) is 0.808. The number of hydrogen-bond acceptors (Lipinski definition) is 1. The van der Waals surface area contributed by atoms with Crippen molar-refractivity contribution in [2.45, 2.75) is 6.92 Å². The average molecular weight is 259 g/mol. The van der Waals surface area contributed by atoms with Crippen molar-refractivity contribution in [1.82, 2.24) is 4.90 Å². The van der Waals surface area contributed by atoms with Crippen LogP contribution in [0.4, 0.5) is 0 Å². The van der Waals surface area contributed by atoms with Crippen molar-refractivity contribution in [3.8, 4) is 0 Å². The lowest BCUT2D eigenvalue weighted by Gasteiger charge is -2.10. The van der Waals surface area contributed by atoms with E-state index in [0.29, 0.717) is 21.4 Å². The molecule has 0 saturated heterocycles. The summed E-state index contributed by atoms with van der Waals surface area (Å²) in [4.78, 5) is 17.4. The zero-order valence-corrected chi connectivity index (χ0v) is 10.8. The number of aliphatic imine (C=N–C) groups is 1. The number of amides is 1. The Kier molecular flexibility index (Phi) is 4.33. The van der Waals surface area contributed by atoms with Gasteiger partial charge in [0.25, 0.3) is 5.91 Å². The van der Waals surface area contributed by atoms with Gasteiger partial charge in [-0.1, -0.05) is 23.2 Å². The van der Waals surface area contributed by atoms with Crippen LogP contribution in [-0.4, -0.2) is 30.7 Å². The van der Waals surface area contributed by atoms with Crippen LogP contribution in [0.25, 0.3) is 0 Å². The highest BCUT2D eigenvalue weighted by molar-refractivity contribution is 6.36. The molecule has 0 aromatic heterocycles. The second-order valence-electron chi connectivity index (χ2n) is 3.48. The predicted molar refractivity (Wildman–Crippen MR) is 67.6 cm³/mol. The van der Waals surface area contributed by atoms with Crippen molar-refractivity contribution in [2.24, 2.45) is 4.99 Å². The van der Waals surface area contributed by atoms with E-state index in [1.54, 1.807) is 24.0 Å². The predicted octanol–water partition coefficient (Wildman–Crippen LogP) is 3.11. The quantitative estimate of drug-likeness (QED) is 0.573. The van der Waals surface area contributed by atoms with Crippen molar-refractivity contribution in [2.75, 3.05) is 14.1 Å². The van der Waals surface area contributed by atoms with Crippen molar-refractivity contribution >= 4 is 34.9 Å². The van der Waals surface area contributed by atoms with Crippen LogP contribution in [0.2, 0.25) is 10.0 Å². The molecule has 1 aromatic rings. The lowest BCUT2D eigenvalue weighted by atomic mass is 10.2. The molecule has 1 aromatic carbocycles. The summed E-state index contributed by atoms with van der Waals surface area (Å²) in [6, 6.07) is 4.71. The van der Waals surface area contributed by atoms with Gasteiger partial charge in [-0.2, -0.15) is 4.99 Å². The Morgan fingerprint density at radius 2 is 1.94 bits per heavy atom. The third-order valence-electron chi connectivity index (χ3n) is 2.07. The number of carbonyl (C=O) groups is 1. The molecule has 0 aliphatic rings. The Labute approximate surface area is 105 Å². The molecule has 0 fully saturated rings. The molecule has 86 valence electrons. The minimum absolute atomic E-state index is 0.313. The monoisotopic (exact) mass is 258 g/mol.